The van der Waals surface area contributed by atoms with Crippen molar-refractivity contribution in [2.45, 2.75) is 52.4 Å². The van der Waals surface area contributed by atoms with Gasteiger partial charge >= 0.3 is 6.85 Å². The Kier molecular flexibility index (Phi) is 6.77. The lowest BCUT2D eigenvalue weighted by atomic mass is 9.43. The molecule has 0 aliphatic carbocycles. The van der Waals surface area contributed by atoms with Gasteiger partial charge in [-0.05, 0) is 105 Å². The average molecular weight is 787 g/mol. The zero-order valence-electron chi connectivity index (χ0n) is 35.2. The van der Waals surface area contributed by atoms with Gasteiger partial charge in [-0.1, -0.05) is 133 Å². The van der Waals surface area contributed by atoms with E-state index in [1.807, 2.05) is 0 Å². The minimum Gasteiger partial charge on any atom is -0.456 e. The van der Waals surface area contributed by atoms with Gasteiger partial charge in [0.2, 0.25) is 0 Å². The van der Waals surface area contributed by atoms with Crippen LogP contribution in [0, 0.1) is 0 Å². The molecule has 0 amide bonds. The number of aromatic nitrogens is 1. The second-order valence-corrected chi connectivity index (χ2v) is 19.3. The number of anilines is 2. The van der Waals surface area contributed by atoms with Crippen LogP contribution in [0.2, 0.25) is 0 Å². The first-order chi connectivity index (χ1) is 29.5. The van der Waals surface area contributed by atoms with Crippen molar-refractivity contribution in [3.05, 3.63) is 163 Å². The highest BCUT2D eigenvalue weighted by Gasteiger charge is 2.46. The van der Waals surface area contributed by atoms with Crippen molar-refractivity contribution in [3.63, 3.8) is 0 Å². The molecule has 0 bridgehead atoms. The summed E-state index contributed by atoms with van der Waals surface area (Å²) in [6, 6.07) is 56.0. The molecule has 0 atom stereocenters. The molecule has 0 fully saturated rings. The minimum absolute atomic E-state index is 0.0398. The first kappa shape index (κ1) is 34.8. The molecule has 4 nitrogen and oxygen atoms in total. The Morgan fingerprint density at radius 1 is 0.492 bits per heavy atom. The lowest BCUT2D eigenvalue weighted by Gasteiger charge is -2.42. The molecule has 5 heteroatoms. The number of nitrogens with zero attached hydrogens (tertiary/aromatic N) is 2. The first-order valence-corrected chi connectivity index (χ1v) is 21.5. The van der Waals surface area contributed by atoms with E-state index in [1.54, 1.807) is 0 Å². The Morgan fingerprint density at radius 3 is 1.90 bits per heavy atom. The fourth-order valence-electron chi connectivity index (χ4n) is 10.7. The Bertz CT molecular complexity index is 3670. The Hall–Kier alpha value is -6.98. The van der Waals surface area contributed by atoms with Crippen LogP contribution in [0.5, 0.6) is 0 Å². The molecule has 0 saturated carbocycles. The number of benzene rings is 8. The van der Waals surface area contributed by atoms with E-state index in [2.05, 4.69) is 203 Å². The van der Waals surface area contributed by atoms with Gasteiger partial charge in [0.1, 0.15) is 22.3 Å². The predicted molar refractivity (Wildman–Crippen MR) is 257 cm³/mol. The number of rotatable bonds is 2. The van der Waals surface area contributed by atoms with Crippen LogP contribution in [0.25, 0.3) is 93.6 Å². The van der Waals surface area contributed by atoms with Gasteiger partial charge in [-0.2, -0.15) is 0 Å². The number of para-hydroxylation sites is 2. The van der Waals surface area contributed by atoms with Gasteiger partial charge < -0.3 is 18.2 Å². The third-order valence-corrected chi connectivity index (χ3v) is 13.7. The lowest BCUT2D eigenvalue weighted by molar-refractivity contribution is 0.590. The highest BCUT2D eigenvalue weighted by atomic mass is 16.3. The van der Waals surface area contributed by atoms with Crippen LogP contribution in [0.3, 0.4) is 0 Å². The summed E-state index contributed by atoms with van der Waals surface area (Å²) in [6.07, 6.45) is 0. The maximum atomic E-state index is 7.23. The average Bonchev–Trinajstić information content (AvgIpc) is 3.94. The van der Waals surface area contributed by atoms with E-state index in [-0.39, 0.29) is 17.7 Å². The summed E-state index contributed by atoms with van der Waals surface area (Å²) < 4.78 is 16.5. The fourth-order valence-corrected chi connectivity index (χ4v) is 10.7. The molecule has 3 aromatic heterocycles. The molecular weight excluding hydrogens is 743 g/mol. The molecular formula is C56H43BN2O2. The molecule has 2 aliphatic rings. The van der Waals surface area contributed by atoms with Gasteiger partial charge in [0, 0.05) is 60.5 Å². The highest BCUT2D eigenvalue weighted by Crippen LogP contribution is 2.52. The molecule has 13 rings (SSSR count). The topological polar surface area (TPSA) is 34.5 Å². The van der Waals surface area contributed by atoms with Crippen LogP contribution in [0.15, 0.2) is 160 Å². The maximum Gasteiger partial charge on any atom is 0.333 e. The second kappa shape index (κ2) is 11.9. The highest BCUT2D eigenvalue weighted by molar-refractivity contribution is 6.94. The van der Waals surface area contributed by atoms with Crippen LogP contribution in [0.4, 0.5) is 11.4 Å². The van der Waals surface area contributed by atoms with E-state index in [4.69, 9.17) is 8.83 Å². The van der Waals surface area contributed by atoms with Crippen LogP contribution < -0.4 is 15.7 Å². The molecule has 292 valence electrons. The van der Waals surface area contributed by atoms with Crippen molar-refractivity contribution in [2.24, 2.45) is 0 Å². The Morgan fingerprint density at radius 2 is 1.15 bits per heavy atom. The number of fused-ring (bicyclic) bond motifs is 16. The molecule has 0 radical (unpaired) electrons. The molecule has 0 unspecified atom stereocenters. The number of furan rings is 2. The van der Waals surface area contributed by atoms with Gasteiger partial charge in [0.05, 0.1) is 11.0 Å². The molecule has 11 aromatic rings. The van der Waals surface area contributed by atoms with Crippen molar-refractivity contribution in [2.75, 3.05) is 4.81 Å². The summed E-state index contributed by atoms with van der Waals surface area (Å²) >= 11 is 0. The zero-order chi connectivity index (χ0) is 41.1. The molecule has 0 spiro atoms. The van der Waals surface area contributed by atoms with E-state index in [1.165, 1.54) is 77.2 Å². The molecule has 8 aromatic carbocycles. The molecule has 2 aliphatic heterocycles. The summed E-state index contributed by atoms with van der Waals surface area (Å²) in [5.41, 5.74) is 19.3. The van der Waals surface area contributed by atoms with Gasteiger partial charge in [0.25, 0.3) is 0 Å². The first-order valence-electron chi connectivity index (χ1n) is 21.5. The number of hydrogen-bond acceptors (Lipinski definition) is 3. The van der Waals surface area contributed by atoms with Crippen molar-refractivity contribution >= 4 is 94.8 Å². The lowest BCUT2D eigenvalue weighted by Crippen LogP contribution is -2.60. The molecule has 0 N–H and O–H groups in total. The van der Waals surface area contributed by atoms with Gasteiger partial charge in [-0.15, -0.1) is 0 Å². The van der Waals surface area contributed by atoms with Gasteiger partial charge in [0.15, 0.2) is 0 Å². The van der Waals surface area contributed by atoms with E-state index < -0.39 is 0 Å². The summed E-state index contributed by atoms with van der Waals surface area (Å²) in [7, 11) is 0. The monoisotopic (exact) mass is 786 g/mol. The van der Waals surface area contributed by atoms with E-state index in [9.17, 15) is 0 Å². The maximum absolute atomic E-state index is 7.23. The SMILES string of the molecule is CC(C)(C)c1ccc2c(c1)-c1c3c4c(c5cc(C(C)(C)C)ccc5n4-c4cc5c(cc4B3N2c2ccc(-c3ccccc3)cc2)oc2ccccc25)c2c1oc1ccccc12. The van der Waals surface area contributed by atoms with E-state index in [0.29, 0.717) is 0 Å². The summed E-state index contributed by atoms with van der Waals surface area (Å²) in [6.45, 7) is 13.7. The van der Waals surface area contributed by atoms with E-state index in [0.717, 1.165) is 49.9 Å². The zero-order valence-corrected chi connectivity index (χ0v) is 35.2. The van der Waals surface area contributed by atoms with Crippen LogP contribution in [0.1, 0.15) is 52.7 Å². The fraction of sp³-hybridized carbons (Fsp3) is 0.143. The van der Waals surface area contributed by atoms with Gasteiger partial charge in [-0.3, -0.25) is 0 Å². The van der Waals surface area contributed by atoms with Crippen molar-refractivity contribution in [3.8, 4) is 27.9 Å². The van der Waals surface area contributed by atoms with Crippen molar-refractivity contribution < 1.29 is 8.83 Å². The molecule has 0 saturated heterocycles. The summed E-state index contributed by atoms with van der Waals surface area (Å²) in [5, 5.41) is 7.08. The minimum atomic E-state index is -0.197. The molecule has 5 heterocycles. The predicted octanol–water partition coefficient (Wildman–Crippen LogP) is 14.1. The largest absolute Gasteiger partial charge is 0.456 e. The quantitative estimate of drug-likeness (QED) is 0.164. The Balaban J connectivity index is 1.25. The van der Waals surface area contributed by atoms with Crippen LogP contribution in [-0.2, 0) is 10.8 Å². The van der Waals surface area contributed by atoms with Crippen LogP contribution >= 0.6 is 0 Å². The second-order valence-electron chi connectivity index (χ2n) is 19.3. The van der Waals surface area contributed by atoms with Crippen molar-refractivity contribution in [1.82, 2.24) is 4.57 Å². The van der Waals surface area contributed by atoms with E-state index >= 15 is 0 Å². The third kappa shape index (κ3) is 4.72. The normalized spacial score (nSPS) is 13.7. The molecule has 61 heavy (non-hydrogen) atoms. The standard InChI is InChI=1S/C56H43BN2O2/c1-55(2,3)34-22-26-43-40(28-34)49-50-38-17-11-13-19-47(38)61-54(50)51-41-29-35(56(4,5)6)23-27-44(41)59(36-24-20-33(21-25-36)32-14-8-7-9-15-32)57-42-31-48-39(37-16-10-12-18-46(37)60-48)30-45(42)58(43)53(49)52(51)57/h7-31H,1-6H3. The number of hydrogen-bond donors (Lipinski definition) is 0. The van der Waals surface area contributed by atoms with Crippen LogP contribution in [-0.4, -0.2) is 11.4 Å². The summed E-state index contributed by atoms with van der Waals surface area (Å²) in [5.74, 6) is 0. The smallest absolute Gasteiger partial charge is 0.333 e. The third-order valence-electron chi connectivity index (χ3n) is 13.7. The van der Waals surface area contributed by atoms with Gasteiger partial charge in [-0.25, -0.2) is 0 Å². The Labute approximate surface area is 354 Å². The summed E-state index contributed by atoms with van der Waals surface area (Å²) in [4.78, 5) is 2.60. The van der Waals surface area contributed by atoms with Crippen molar-refractivity contribution in [1.29, 1.82) is 0 Å².